The maximum absolute atomic E-state index is 11.3. The zero-order chi connectivity index (χ0) is 19.5. The van der Waals surface area contributed by atoms with Crippen molar-refractivity contribution >= 4 is 5.69 Å². The molecule has 2 atom stereocenters. The lowest BCUT2D eigenvalue weighted by Crippen LogP contribution is -2.23. The molecular formula is C22H23N3O3. The molecule has 0 aliphatic carbocycles. The van der Waals surface area contributed by atoms with Crippen molar-refractivity contribution in [1.82, 2.24) is 4.90 Å². The van der Waals surface area contributed by atoms with Gasteiger partial charge in [-0.25, -0.2) is 0 Å². The lowest BCUT2D eigenvalue weighted by atomic mass is 9.89. The van der Waals surface area contributed by atoms with Gasteiger partial charge in [0.1, 0.15) is 11.5 Å². The first-order valence-electron chi connectivity index (χ1n) is 9.45. The maximum atomic E-state index is 11.3. The summed E-state index contributed by atoms with van der Waals surface area (Å²) in [6, 6.07) is 20.8. The third-order valence-electron chi connectivity index (χ3n) is 5.45. The fraction of sp³-hybridized carbons (Fsp3) is 0.273. The molecule has 6 heteroatoms. The Morgan fingerprint density at radius 1 is 1.04 bits per heavy atom. The molecule has 1 fully saturated rings. The fourth-order valence-corrected chi connectivity index (χ4v) is 4.08. The van der Waals surface area contributed by atoms with Gasteiger partial charge in [-0.15, -0.1) is 0 Å². The molecule has 1 aliphatic heterocycles. The van der Waals surface area contributed by atoms with Crippen molar-refractivity contribution < 1.29 is 9.34 Å². The average Bonchev–Trinajstić information content (AvgIpc) is 3.36. The number of likely N-dealkylation sites (tertiary alicyclic amines) is 1. The van der Waals surface area contributed by atoms with E-state index in [1.807, 2.05) is 18.2 Å². The number of para-hydroxylation sites is 1. The van der Waals surface area contributed by atoms with Crippen LogP contribution in [0.5, 0.6) is 0 Å². The van der Waals surface area contributed by atoms with Crippen molar-refractivity contribution in [3.8, 4) is 11.3 Å². The third kappa shape index (κ3) is 3.69. The number of nitrogens with two attached hydrogens (primary N) is 1. The van der Waals surface area contributed by atoms with Gasteiger partial charge in [-0.05, 0) is 36.2 Å². The summed E-state index contributed by atoms with van der Waals surface area (Å²) in [7, 11) is 0. The molecule has 1 saturated heterocycles. The highest BCUT2D eigenvalue weighted by atomic mass is 16.6. The lowest BCUT2D eigenvalue weighted by Gasteiger charge is -2.16. The number of nitrogens with zero attached hydrogens (tertiary/aromatic N) is 2. The summed E-state index contributed by atoms with van der Waals surface area (Å²) in [6.07, 6.45) is 0. The summed E-state index contributed by atoms with van der Waals surface area (Å²) in [5.74, 6) is 2.15. The standard InChI is InChI=1S/C22H23N3O3/c23-12-17-13-24(15-20(17)16-6-2-1-3-7-16)14-18-10-11-22(28-18)19-8-4-5-9-21(19)25(26)27/h1-11,17,20H,12-15,23H2/t17-,20+/m1/s1. The minimum absolute atomic E-state index is 0.0527. The minimum atomic E-state index is -0.381. The highest BCUT2D eigenvalue weighted by Crippen LogP contribution is 2.34. The Hall–Kier alpha value is -2.96. The number of furan rings is 1. The Kier molecular flexibility index (Phi) is 5.23. The Morgan fingerprint density at radius 2 is 1.79 bits per heavy atom. The van der Waals surface area contributed by atoms with Crippen LogP contribution in [0, 0.1) is 16.0 Å². The molecule has 144 valence electrons. The first kappa shape index (κ1) is 18.4. The molecule has 4 rings (SSSR count). The molecule has 0 amide bonds. The second-order valence-corrected chi connectivity index (χ2v) is 7.25. The van der Waals surface area contributed by atoms with E-state index in [-0.39, 0.29) is 10.6 Å². The maximum Gasteiger partial charge on any atom is 0.280 e. The number of hydrogen-bond donors (Lipinski definition) is 1. The second-order valence-electron chi connectivity index (χ2n) is 7.25. The highest BCUT2D eigenvalue weighted by molar-refractivity contribution is 5.69. The van der Waals surface area contributed by atoms with E-state index in [0.29, 0.717) is 36.2 Å². The average molecular weight is 377 g/mol. The summed E-state index contributed by atoms with van der Waals surface area (Å²) in [5.41, 5.74) is 7.90. The van der Waals surface area contributed by atoms with E-state index < -0.39 is 0 Å². The van der Waals surface area contributed by atoms with Crippen LogP contribution in [0.1, 0.15) is 17.2 Å². The molecular weight excluding hydrogens is 354 g/mol. The molecule has 2 heterocycles. The van der Waals surface area contributed by atoms with Gasteiger partial charge in [0, 0.05) is 25.1 Å². The number of rotatable bonds is 6. The van der Waals surface area contributed by atoms with Gasteiger partial charge in [0.05, 0.1) is 17.0 Å². The van der Waals surface area contributed by atoms with Gasteiger partial charge in [-0.2, -0.15) is 0 Å². The Morgan fingerprint density at radius 3 is 2.54 bits per heavy atom. The van der Waals surface area contributed by atoms with Gasteiger partial charge >= 0.3 is 0 Å². The van der Waals surface area contributed by atoms with E-state index in [9.17, 15) is 10.1 Å². The van der Waals surface area contributed by atoms with E-state index >= 15 is 0 Å². The molecule has 0 spiro atoms. The molecule has 6 nitrogen and oxygen atoms in total. The van der Waals surface area contributed by atoms with Gasteiger partial charge in [-0.3, -0.25) is 15.0 Å². The molecule has 28 heavy (non-hydrogen) atoms. The van der Waals surface area contributed by atoms with E-state index in [1.54, 1.807) is 18.2 Å². The second kappa shape index (κ2) is 7.96. The Bertz CT molecular complexity index is 954. The molecule has 1 aliphatic rings. The summed E-state index contributed by atoms with van der Waals surface area (Å²) >= 11 is 0. The highest BCUT2D eigenvalue weighted by Gasteiger charge is 2.33. The monoisotopic (exact) mass is 377 g/mol. The van der Waals surface area contributed by atoms with Crippen LogP contribution in [0.25, 0.3) is 11.3 Å². The van der Waals surface area contributed by atoms with Crippen LogP contribution in [-0.4, -0.2) is 29.5 Å². The van der Waals surface area contributed by atoms with Crippen molar-refractivity contribution in [3.63, 3.8) is 0 Å². The first-order valence-corrected chi connectivity index (χ1v) is 9.45. The van der Waals surface area contributed by atoms with Gasteiger partial charge in [0.2, 0.25) is 0 Å². The van der Waals surface area contributed by atoms with E-state index in [1.165, 1.54) is 11.6 Å². The normalized spacial score (nSPS) is 19.8. The Labute approximate surface area is 163 Å². The first-order chi connectivity index (χ1) is 13.7. The zero-order valence-electron chi connectivity index (χ0n) is 15.5. The number of hydrogen-bond acceptors (Lipinski definition) is 5. The topological polar surface area (TPSA) is 85.5 Å². The number of nitro groups is 1. The van der Waals surface area contributed by atoms with Crippen molar-refractivity contribution in [1.29, 1.82) is 0 Å². The van der Waals surface area contributed by atoms with E-state index in [0.717, 1.165) is 18.8 Å². The summed E-state index contributed by atoms with van der Waals surface area (Å²) in [5, 5.41) is 11.3. The van der Waals surface area contributed by atoms with Crippen LogP contribution in [0.2, 0.25) is 0 Å². The van der Waals surface area contributed by atoms with E-state index in [2.05, 4.69) is 29.2 Å². The SMILES string of the molecule is NC[C@@H]1CN(Cc2ccc(-c3ccccc3[N+](=O)[O-])o2)C[C@H]1c1ccccc1. The van der Waals surface area contributed by atoms with Crippen LogP contribution in [0.15, 0.2) is 71.1 Å². The predicted octanol–water partition coefficient (Wildman–Crippen LogP) is 4.03. The molecule has 3 aromatic rings. The van der Waals surface area contributed by atoms with Crippen LogP contribution in [-0.2, 0) is 6.54 Å². The van der Waals surface area contributed by atoms with Crippen molar-refractivity contribution in [3.05, 3.63) is 88.2 Å². The summed E-state index contributed by atoms with van der Waals surface area (Å²) in [4.78, 5) is 13.2. The van der Waals surface area contributed by atoms with Gasteiger partial charge < -0.3 is 10.2 Å². The van der Waals surface area contributed by atoms with Crippen molar-refractivity contribution in [2.75, 3.05) is 19.6 Å². The fourth-order valence-electron chi connectivity index (χ4n) is 4.08. The molecule has 0 saturated carbocycles. The number of benzene rings is 2. The van der Waals surface area contributed by atoms with Crippen LogP contribution in [0.3, 0.4) is 0 Å². The van der Waals surface area contributed by atoms with Crippen LogP contribution >= 0.6 is 0 Å². The molecule has 0 radical (unpaired) electrons. The molecule has 1 aromatic heterocycles. The molecule has 0 bridgehead atoms. The minimum Gasteiger partial charge on any atom is -0.459 e. The van der Waals surface area contributed by atoms with E-state index in [4.69, 9.17) is 10.2 Å². The lowest BCUT2D eigenvalue weighted by molar-refractivity contribution is -0.384. The summed E-state index contributed by atoms with van der Waals surface area (Å²) in [6.45, 7) is 3.15. The molecule has 0 unspecified atom stereocenters. The van der Waals surface area contributed by atoms with Crippen molar-refractivity contribution in [2.24, 2.45) is 11.7 Å². The quantitative estimate of drug-likeness (QED) is 0.518. The largest absolute Gasteiger partial charge is 0.459 e. The van der Waals surface area contributed by atoms with Crippen LogP contribution in [0.4, 0.5) is 5.69 Å². The number of nitro benzene ring substituents is 1. The van der Waals surface area contributed by atoms with Gasteiger partial charge in [0.25, 0.3) is 5.69 Å². The molecule has 2 aromatic carbocycles. The third-order valence-corrected chi connectivity index (χ3v) is 5.45. The zero-order valence-corrected chi connectivity index (χ0v) is 15.5. The molecule has 2 N–H and O–H groups in total. The van der Waals surface area contributed by atoms with Gasteiger partial charge in [-0.1, -0.05) is 42.5 Å². The van der Waals surface area contributed by atoms with Crippen molar-refractivity contribution in [2.45, 2.75) is 12.5 Å². The predicted molar refractivity (Wildman–Crippen MR) is 108 cm³/mol. The smallest absolute Gasteiger partial charge is 0.280 e. The Balaban J connectivity index is 1.50. The van der Waals surface area contributed by atoms with Gasteiger partial charge in [0.15, 0.2) is 0 Å². The summed E-state index contributed by atoms with van der Waals surface area (Å²) < 4.78 is 5.95. The van der Waals surface area contributed by atoms with Crippen LogP contribution < -0.4 is 5.73 Å².